The minimum absolute atomic E-state index is 0.0147. The van der Waals surface area contributed by atoms with Crippen LogP contribution in [0, 0.1) is 17.3 Å². The van der Waals surface area contributed by atoms with Gasteiger partial charge in [0.1, 0.15) is 6.10 Å². The third-order valence-electron chi connectivity index (χ3n) is 5.11. The minimum atomic E-state index is -0.296. The summed E-state index contributed by atoms with van der Waals surface area (Å²) in [5.41, 5.74) is 1.77. The summed E-state index contributed by atoms with van der Waals surface area (Å²) in [7, 11) is 0. The van der Waals surface area contributed by atoms with E-state index in [2.05, 4.69) is 20.1 Å². The Balaban J connectivity index is 1.91. The number of aliphatic hydroxyl groups excluding tert-OH is 1. The number of hydrogen-bond acceptors (Lipinski definition) is 3. The molecule has 0 amide bonds. The number of aliphatic hydroxyl groups is 1. The molecule has 0 aromatic rings. The van der Waals surface area contributed by atoms with Crippen LogP contribution in [-0.2, 0) is 9.53 Å². The van der Waals surface area contributed by atoms with Gasteiger partial charge in [-0.2, -0.15) is 0 Å². The standard InChI is InChI=1S/C15H20O3/c1-8-4-10(16)6-15(3)7-13-11(5-12(8)15)9(2)14(17)18-13/h10-13,16H,1-2,4-7H2,3H3/t10-,11?,12-,13?,15+/m0/s1. The molecule has 18 heavy (non-hydrogen) atoms. The van der Waals surface area contributed by atoms with Gasteiger partial charge >= 0.3 is 5.97 Å². The van der Waals surface area contributed by atoms with Crippen LogP contribution in [-0.4, -0.2) is 23.3 Å². The highest BCUT2D eigenvalue weighted by Crippen LogP contribution is 2.56. The molecule has 3 aliphatic rings. The van der Waals surface area contributed by atoms with Crippen molar-refractivity contribution in [2.24, 2.45) is 17.3 Å². The van der Waals surface area contributed by atoms with Crippen LogP contribution >= 0.6 is 0 Å². The van der Waals surface area contributed by atoms with Crippen LogP contribution in [0.4, 0.5) is 0 Å². The van der Waals surface area contributed by atoms with Crippen molar-refractivity contribution in [3.05, 3.63) is 24.3 Å². The topological polar surface area (TPSA) is 46.5 Å². The van der Waals surface area contributed by atoms with Crippen LogP contribution in [0.3, 0.4) is 0 Å². The van der Waals surface area contributed by atoms with Crippen molar-refractivity contribution < 1.29 is 14.6 Å². The van der Waals surface area contributed by atoms with E-state index in [-0.39, 0.29) is 29.5 Å². The number of ether oxygens (including phenoxy) is 1. The van der Waals surface area contributed by atoms with Gasteiger partial charge in [0.15, 0.2) is 0 Å². The van der Waals surface area contributed by atoms with Crippen molar-refractivity contribution in [2.75, 3.05) is 0 Å². The fourth-order valence-corrected chi connectivity index (χ4v) is 4.23. The maximum absolute atomic E-state index is 11.6. The first-order valence-electron chi connectivity index (χ1n) is 6.66. The van der Waals surface area contributed by atoms with E-state index in [1.165, 1.54) is 0 Å². The van der Waals surface area contributed by atoms with E-state index in [9.17, 15) is 9.90 Å². The molecule has 98 valence electrons. The van der Waals surface area contributed by atoms with Crippen molar-refractivity contribution in [2.45, 2.75) is 44.8 Å². The van der Waals surface area contributed by atoms with Gasteiger partial charge in [-0.25, -0.2) is 4.79 Å². The molecule has 3 nitrogen and oxygen atoms in total. The molecule has 1 heterocycles. The molecular weight excluding hydrogens is 228 g/mol. The summed E-state index contributed by atoms with van der Waals surface area (Å²) in [6.45, 7) is 10.2. The van der Waals surface area contributed by atoms with Crippen LogP contribution in [0.5, 0.6) is 0 Å². The lowest BCUT2D eigenvalue weighted by molar-refractivity contribution is -0.142. The summed E-state index contributed by atoms with van der Waals surface area (Å²) >= 11 is 0. The second-order valence-corrected chi connectivity index (χ2v) is 6.44. The lowest BCUT2D eigenvalue weighted by Gasteiger charge is -2.50. The molecule has 2 saturated carbocycles. The van der Waals surface area contributed by atoms with Gasteiger partial charge in [-0.1, -0.05) is 25.7 Å². The third kappa shape index (κ3) is 1.57. The van der Waals surface area contributed by atoms with E-state index in [1.807, 2.05) is 0 Å². The Labute approximate surface area is 108 Å². The summed E-state index contributed by atoms with van der Waals surface area (Å²) in [5.74, 6) is 0.300. The number of esters is 1. The van der Waals surface area contributed by atoms with Crippen molar-refractivity contribution in [1.82, 2.24) is 0 Å². The molecule has 0 aromatic carbocycles. The largest absolute Gasteiger partial charge is 0.458 e. The molecule has 2 aliphatic carbocycles. The number of carbonyl (C=O) groups is 1. The number of hydrogen-bond donors (Lipinski definition) is 1. The molecule has 0 aromatic heterocycles. The zero-order valence-corrected chi connectivity index (χ0v) is 10.8. The average Bonchev–Trinajstić information content (AvgIpc) is 2.50. The van der Waals surface area contributed by atoms with Crippen molar-refractivity contribution in [3.63, 3.8) is 0 Å². The smallest absolute Gasteiger partial charge is 0.334 e. The molecule has 1 saturated heterocycles. The van der Waals surface area contributed by atoms with Gasteiger partial charge in [-0.05, 0) is 37.0 Å². The van der Waals surface area contributed by atoms with E-state index < -0.39 is 0 Å². The van der Waals surface area contributed by atoms with Gasteiger partial charge in [0.05, 0.1) is 6.10 Å². The molecular formula is C15H20O3. The molecule has 0 spiro atoms. The average molecular weight is 248 g/mol. The first kappa shape index (κ1) is 12.0. The molecule has 3 heteroatoms. The van der Waals surface area contributed by atoms with Crippen LogP contribution < -0.4 is 0 Å². The van der Waals surface area contributed by atoms with Crippen LogP contribution in [0.1, 0.15) is 32.6 Å². The zero-order valence-electron chi connectivity index (χ0n) is 10.8. The highest BCUT2D eigenvalue weighted by Gasteiger charge is 2.53. The van der Waals surface area contributed by atoms with E-state index in [1.54, 1.807) is 0 Å². The van der Waals surface area contributed by atoms with Crippen molar-refractivity contribution in [1.29, 1.82) is 0 Å². The Kier molecular flexibility index (Phi) is 2.46. The zero-order chi connectivity index (χ0) is 13.1. The second kappa shape index (κ2) is 3.70. The second-order valence-electron chi connectivity index (χ2n) is 6.44. The summed E-state index contributed by atoms with van der Waals surface area (Å²) in [6, 6.07) is 0. The normalized spacial score (nSPS) is 47.6. The predicted molar refractivity (Wildman–Crippen MR) is 67.7 cm³/mol. The van der Waals surface area contributed by atoms with Crippen molar-refractivity contribution in [3.8, 4) is 0 Å². The van der Waals surface area contributed by atoms with Crippen molar-refractivity contribution >= 4 is 5.97 Å². The Bertz CT molecular complexity index is 439. The molecule has 0 bridgehead atoms. The summed E-state index contributed by atoms with van der Waals surface area (Å²) in [6.07, 6.45) is 2.86. The Morgan fingerprint density at radius 1 is 1.39 bits per heavy atom. The molecule has 1 aliphatic heterocycles. The first-order valence-corrected chi connectivity index (χ1v) is 6.66. The maximum atomic E-state index is 11.6. The number of fused-ring (bicyclic) bond motifs is 2. The quantitative estimate of drug-likeness (QED) is 0.406. The van der Waals surface area contributed by atoms with Gasteiger partial charge in [0, 0.05) is 11.5 Å². The first-order chi connectivity index (χ1) is 8.40. The lowest BCUT2D eigenvalue weighted by atomic mass is 9.55. The van der Waals surface area contributed by atoms with Crippen LogP contribution in [0.15, 0.2) is 24.3 Å². The Hall–Kier alpha value is -1.09. The molecule has 3 rings (SSSR count). The molecule has 2 unspecified atom stereocenters. The van der Waals surface area contributed by atoms with E-state index in [4.69, 9.17) is 4.74 Å². The fraction of sp³-hybridized carbons (Fsp3) is 0.667. The number of carbonyl (C=O) groups excluding carboxylic acids is 1. The molecule has 3 fully saturated rings. The van der Waals surface area contributed by atoms with Crippen LogP contribution in [0.25, 0.3) is 0 Å². The van der Waals surface area contributed by atoms with Gasteiger partial charge in [0.25, 0.3) is 0 Å². The van der Waals surface area contributed by atoms with Gasteiger partial charge < -0.3 is 9.84 Å². The molecule has 1 N–H and O–H groups in total. The predicted octanol–water partition coefficient (Wildman–Crippen LogP) is 2.21. The Morgan fingerprint density at radius 2 is 2.11 bits per heavy atom. The summed E-state index contributed by atoms with van der Waals surface area (Å²) < 4.78 is 5.41. The highest BCUT2D eigenvalue weighted by atomic mass is 16.6. The minimum Gasteiger partial charge on any atom is -0.458 e. The monoisotopic (exact) mass is 248 g/mol. The third-order valence-corrected chi connectivity index (χ3v) is 5.11. The van der Waals surface area contributed by atoms with Gasteiger partial charge in [-0.3, -0.25) is 0 Å². The molecule has 0 radical (unpaired) electrons. The van der Waals surface area contributed by atoms with Gasteiger partial charge in [0.2, 0.25) is 0 Å². The summed E-state index contributed by atoms with van der Waals surface area (Å²) in [4.78, 5) is 11.6. The van der Waals surface area contributed by atoms with Crippen LogP contribution in [0.2, 0.25) is 0 Å². The fourth-order valence-electron chi connectivity index (χ4n) is 4.23. The van der Waals surface area contributed by atoms with E-state index in [0.717, 1.165) is 24.8 Å². The lowest BCUT2D eigenvalue weighted by Crippen LogP contribution is -2.46. The van der Waals surface area contributed by atoms with E-state index >= 15 is 0 Å². The Morgan fingerprint density at radius 3 is 2.83 bits per heavy atom. The highest BCUT2D eigenvalue weighted by molar-refractivity contribution is 5.90. The summed E-state index contributed by atoms with van der Waals surface area (Å²) in [5, 5.41) is 9.94. The van der Waals surface area contributed by atoms with Gasteiger partial charge in [-0.15, -0.1) is 0 Å². The molecule has 5 atom stereocenters. The van der Waals surface area contributed by atoms with E-state index in [0.29, 0.717) is 17.9 Å². The maximum Gasteiger partial charge on any atom is 0.334 e. The number of rotatable bonds is 0. The SMILES string of the molecule is C=C1C(=O)OC2C[C@@]3(C)C[C@@H](O)CC(=C)[C@@H]3CC12.